The van der Waals surface area contributed by atoms with Crippen molar-refractivity contribution in [3.05, 3.63) is 35.9 Å². The number of nitrogens with zero attached hydrogens (tertiary/aromatic N) is 1. The first-order valence-electron chi connectivity index (χ1n) is 7.93. The summed E-state index contributed by atoms with van der Waals surface area (Å²) in [5, 5.41) is 3.04. The molecule has 0 radical (unpaired) electrons. The highest BCUT2D eigenvalue weighted by atomic mass is 35.5. The smallest absolute Gasteiger partial charge is 0.250 e. The van der Waals surface area contributed by atoms with Crippen molar-refractivity contribution >= 4 is 18.3 Å². The summed E-state index contributed by atoms with van der Waals surface area (Å²) in [4.78, 5) is 14.5. The number of benzene rings is 1. The Morgan fingerprint density at radius 2 is 2.13 bits per heavy atom. The van der Waals surface area contributed by atoms with E-state index in [0.29, 0.717) is 5.92 Å². The third-order valence-electron chi connectivity index (χ3n) is 4.43. The molecule has 3 N–H and O–H groups in total. The van der Waals surface area contributed by atoms with E-state index < -0.39 is 6.10 Å². The molecule has 0 saturated carbocycles. The molecule has 0 spiro atoms. The zero-order chi connectivity index (χ0) is 15.9. The molecule has 1 amide bonds. The summed E-state index contributed by atoms with van der Waals surface area (Å²) in [5.74, 6) is 0.363. The van der Waals surface area contributed by atoms with Crippen molar-refractivity contribution in [2.75, 3.05) is 26.7 Å². The molecular formula is C17H28ClN3O2. The number of likely N-dealkylation sites (tertiary alicyclic amines) is 1. The summed E-state index contributed by atoms with van der Waals surface area (Å²) in [6.07, 6.45) is 0.554. The van der Waals surface area contributed by atoms with Gasteiger partial charge >= 0.3 is 0 Å². The third kappa shape index (κ3) is 5.77. The second-order valence-corrected chi connectivity index (χ2v) is 6.03. The molecule has 0 aromatic heterocycles. The second-order valence-electron chi connectivity index (χ2n) is 6.03. The Labute approximate surface area is 145 Å². The number of carbonyl (C=O) groups is 1. The number of ether oxygens (including phenoxy) is 1. The minimum absolute atomic E-state index is 0. The zero-order valence-electron chi connectivity index (χ0n) is 13.9. The molecule has 1 fully saturated rings. The topological polar surface area (TPSA) is 67.6 Å². The van der Waals surface area contributed by atoms with Crippen LogP contribution in [-0.4, -0.2) is 49.7 Å². The summed E-state index contributed by atoms with van der Waals surface area (Å²) in [5.41, 5.74) is 6.86. The number of nitrogens with one attached hydrogen (secondary N) is 1. The minimum Gasteiger partial charge on any atom is -0.370 e. The molecule has 5 nitrogen and oxygen atoms in total. The first kappa shape index (κ1) is 19.9. The maximum Gasteiger partial charge on any atom is 0.250 e. The standard InChI is InChI=1S/C17H27N3O2.ClH/c1-13(19-17(21)16(10-18)22-2)15-8-9-20(12-15)11-14-6-4-3-5-7-14;/h3-7,13,15-16H,8-12,18H2,1-2H3,(H,19,21);1H. The van der Waals surface area contributed by atoms with Crippen LogP contribution >= 0.6 is 12.4 Å². The van der Waals surface area contributed by atoms with Gasteiger partial charge in [-0.1, -0.05) is 30.3 Å². The Kier molecular flexibility index (Phi) is 8.55. The van der Waals surface area contributed by atoms with Gasteiger partial charge in [0.25, 0.3) is 5.91 Å². The summed E-state index contributed by atoms with van der Waals surface area (Å²) in [6.45, 7) is 5.33. The van der Waals surface area contributed by atoms with E-state index in [-0.39, 0.29) is 30.9 Å². The van der Waals surface area contributed by atoms with Gasteiger partial charge in [-0.25, -0.2) is 0 Å². The van der Waals surface area contributed by atoms with Gasteiger partial charge in [-0.2, -0.15) is 0 Å². The van der Waals surface area contributed by atoms with Gasteiger partial charge in [0.1, 0.15) is 6.10 Å². The van der Waals surface area contributed by atoms with Gasteiger partial charge in [-0.05, 0) is 31.4 Å². The SMILES string of the molecule is COC(CN)C(=O)NC(C)C1CCN(Cc2ccccc2)C1.Cl. The average Bonchev–Trinajstić information content (AvgIpc) is 2.98. The van der Waals surface area contributed by atoms with E-state index in [1.54, 1.807) is 0 Å². The molecule has 3 atom stereocenters. The molecular weight excluding hydrogens is 314 g/mol. The molecule has 1 aromatic carbocycles. The number of nitrogens with two attached hydrogens (primary N) is 1. The second kappa shape index (κ2) is 9.88. The molecule has 1 aliphatic heterocycles. The van der Waals surface area contributed by atoms with Crippen LogP contribution in [0, 0.1) is 5.92 Å². The van der Waals surface area contributed by atoms with Gasteiger partial charge in [-0.15, -0.1) is 12.4 Å². The van der Waals surface area contributed by atoms with Crippen LogP contribution in [0.4, 0.5) is 0 Å². The van der Waals surface area contributed by atoms with Crippen LogP contribution in [0.15, 0.2) is 30.3 Å². The molecule has 2 rings (SSSR count). The van der Waals surface area contributed by atoms with Crippen LogP contribution < -0.4 is 11.1 Å². The number of methoxy groups -OCH3 is 1. The molecule has 130 valence electrons. The molecule has 23 heavy (non-hydrogen) atoms. The fourth-order valence-corrected chi connectivity index (χ4v) is 3.00. The van der Waals surface area contributed by atoms with E-state index in [4.69, 9.17) is 10.5 Å². The Balaban J connectivity index is 0.00000264. The van der Waals surface area contributed by atoms with E-state index in [9.17, 15) is 4.79 Å². The summed E-state index contributed by atoms with van der Waals surface area (Å²) < 4.78 is 5.08. The number of carbonyl (C=O) groups excluding carboxylic acids is 1. The predicted molar refractivity (Wildman–Crippen MR) is 94.5 cm³/mol. The highest BCUT2D eigenvalue weighted by molar-refractivity contribution is 5.85. The lowest BCUT2D eigenvalue weighted by molar-refractivity contribution is -0.131. The van der Waals surface area contributed by atoms with Crippen LogP contribution in [0.5, 0.6) is 0 Å². The third-order valence-corrected chi connectivity index (χ3v) is 4.43. The molecule has 1 aromatic rings. The van der Waals surface area contributed by atoms with Crippen LogP contribution in [0.3, 0.4) is 0 Å². The van der Waals surface area contributed by atoms with Gasteiger partial charge in [0, 0.05) is 32.8 Å². The van der Waals surface area contributed by atoms with Crippen molar-refractivity contribution in [3.8, 4) is 0 Å². The maximum atomic E-state index is 12.0. The van der Waals surface area contributed by atoms with Crippen molar-refractivity contribution in [1.29, 1.82) is 0 Å². The highest BCUT2D eigenvalue weighted by Crippen LogP contribution is 2.21. The Morgan fingerprint density at radius 3 is 2.74 bits per heavy atom. The molecule has 0 aliphatic carbocycles. The first-order chi connectivity index (χ1) is 10.6. The fourth-order valence-electron chi connectivity index (χ4n) is 3.00. The fraction of sp³-hybridized carbons (Fsp3) is 0.588. The molecule has 1 aliphatic rings. The molecule has 0 bridgehead atoms. The van der Waals surface area contributed by atoms with Crippen LogP contribution in [0.2, 0.25) is 0 Å². The lowest BCUT2D eigenvalue weighted by atomic mass is 10.0. The van der Waals surface area contributed by atoms with Crippen molar-refractivity contribution in [2.45, 2.75) is 32.0 Å². The summed E-state index contributed by atoms with van der Waals surface area (Å²) in [7, 11) is 1.51. The van der Waals surface area contributed by atoms with Crippen molar-refractivity contribution in [2.24, 2.45) is 11.7 Å². The van der Waals surface area contributed by atoms with Crippen LogP contribution in [0.1, 0.15) is 18.9 Å². The van der Waals surface area contributed by atoms with Gasteiger partial charge in [0.15, 0.2) is 0 Å². The van der Waals surface area contributed by atoms with Gasteiger partial charge in [-0.3, -0.25) is 9.69 Å². The van der Waals surface area contributed by atoms with Crippen LogP contribution in [0.25, 0.3) is 0 Å². The van der Waals surface area contributed by atoms with Crippen molar-refractivity contribution in [3.63, 3.8) is 0 Å². The maximum absolute atomic E-state index is 12.0. The van der Waals surface area contributed by atoms with E-state index in [0.717, 1.165) is 26.1 Å². The van der Waals surface area contributed by atoms with Crippen LogP contribution in [-0.2, 0) is 16.1 Å². The predicted octanol–water partition coefficient (Wildman–Crippen LogP) is 1.41. The lowest BCUT2D eigenvalue weighted by Gasteiger charge is -2.23. The zero-order valence-corrected chi connectivity index (χ0v) is 14.7. The number of halogens is 1. The van der Waals surface area contributed by atoms with E-state index in [2.05, 4.69) is 41.4 Å². The first-order valence-corrected chi connectivity index (χ1v) is 7.93. The largest absolute Gasteiger partial charge is 0.370 e. The van der Waals surface area contributed by atoms with Gasteiger partial charge in [0.05, 0.1) is 0 Å². The summed E-state index contributed by atoms with van der Waals surface area (Å²) in [6, 6.07) is 10.6. The van der Waals surface area contributed by atoms with E-state index in [1.165, 1.54) is 12.7 Å². The molecule has 1 saturated heterocycles. The van der Waals surface area contributed by atoms with Crippen molar-refractivity contribution < 1.29 is 9.53 Å². The Bertz CT molecular complexity index is 468. The van der Waals surface area contributed by atoms with E-state index in [1.807, 2.05) is 6.07 Å². The molecule has 1 heterocycles. The number of hydrogen-bond acceptors (Lipinski definition) is 4. The average molecular weight is 342 g/mol. The summed E-state index contributed by atoms with van der Waals surface area (Å²) >= 11 is 0. The number of hydrogen-bond donors (Lipinski definition) is 2. The Hall–Kier alpha value is -1.14. The van der Waals surface area contributed by atoms with Crippen molar-refractivity contribution in [1.82, 2.24) is 10.2 Å². The Morgan fingerprint density at radius 1 is 1.43 bits per heavy atom. The monoisotopic (exact) mass is 341 g/mol. The van der Waals surface area contributed by atoms with Gasteiger partial charge in [0.2, 0.25) is 0 Å². The molecule has 6 heteroatoms. The van der Waals surface area contributed by atoms with Gasteiger partial charge < -0.3 is 15.8 Å². The number of rotatable bonds is 7. The minimum atomic E-state index is -0.552. The molecule has 3 unspecified atom stereocenters. The normalized spacial score (nSPS) is 20.6. The lowest BCUT2D eigenvalue weighted by Crippen LogP contribution is -2.47. The quantitative estimate of drug-likeness (QED) is 0.787. The number of amides is 1. The van der Waals surface area contributed by atoms with E-state index >= 15 is 0 Å². The highest BCUT2D eigenvalue weighted by Gasteiger charge is 2.29.